The van der Waals surface area contributed by atoms with Gasteiger partial charge < -0.3 is 15.4 Å². The van der Waals surface area contributed by atoms with Crippen molar-refractivity contribution in [3.63, 3.8) is 0 Å². The van der Waals surface area contributed by atoms with Crippen LogP contribution >= 0.6 is 0 Å². The zero-order chi connectivity index (χ0) is 10.4. The van der Waals surface area contributed by atoms with E-state index in [0.29, 0.717) is 6.42 Å². The maximum atomic E-state index is 11.3. The summed E-state index contributed by atoms with van der Waals surface area (Å²) in [5.41, 5.74) is 5.49. The lowest BCUT2D eigenvalue weighted by Crippen LogP contribution is -2.43. The van der Waals surface area contributed by atoms with Crippen LogP contribution in [0.2, 0.25) is 0 Å². The standard InChI is InChI=1S/C8H16N2O3/c1-4-6(9)8(12)10(2)5-7(11)13-3/h6H,4-5,9H2,1-3H3/t6-/m0/s1. The van der Waals surface area contributed by atoms with Crippen LogP contribution in [0.25, 0.3) is 0 Å². The lowest BCUT2D eigenvalue weighted by molar-refractivity contribution is -0.146. The van der Waals surface area contributed by atoms with E-state index in [1.54, 1.807) is 0 Å². The first-order valence-electron chi connectivity index (χ1n) is 4.10. The minimum atomic E-state index is -0.533. The summed E-state index contributed by atoms with van der Waals surface area (Å²) < 4.78 is 4.41. The van der Waals surface area contributed by atoms with Gasteiger partial charge in [-0.05, 0) is 6.42 Å². The fourth-order valence-electron chi connectivity index (χ4n) is 0.794. The van der Waals surface area contributed by atoms with Crippen LogP contribution in [0.4, 0.5) is 0 Å². The number of hydrogen-bond acceptors (Lipinski definition) is 4. The number of likely N-dealkylation sites (N-methyl/N-ethyl adjacent to an activating group) is 1. The minimum absolute atomic E-state index is 0.0525. The summed E-state index contributed by atoms with van der Waals surface area (Å²) in [6, 6.07) is -0.533. The third kappa shape index (κ3) is 3.89. The third-order valence-electron chi connectivity index (χ3n) is 1.73. The Labute approximate surface area is 77.8 Å². The molecule has 0 radical (unpaired) electrons. The van der Waals surface area contributed by atoms with Gasteiger partial charge >= 0.3 is 5.97 Å². The summed E-state index contributed by atoms with van der Waals surface area (Å²) in [7, 11) is 2.80. The van der Waals surface area contributed by atoms with Gasteiger partial charge in [0.25, 0.3) is 0 Å². The van der Waals surface area contributed by atoms with E-state index >= 15 is 0 Å². The highest BCUT2D eigenvalue weighted by Gasteiger charge is 2.18. The Morgan fingerprint density at radius 2 is 2.08 bits per heavy atom. The van der Waals surface area contributed by atoms with Crippen molar-refractivity contribution >= 4 is 11.9 Å². The normalized spacial score (nSPS) is 12.0. The number of methoxy groups -OCH3 is 1. The molecule has 13 heavy (non-hydrogen) atoms. The average molecular weight is 188 g/mol. The summed E-state index contributed by atoms with van der Waals surface area (Å²) in [6.45, 7) is 1.76. The van der Waals surface area contributed by atoms with Gasteiger partial charge in [-0.15, -0.1) is 0 Å². The number of nitrogens with two attached hydrogens (primary N) is 1. The van der Waals surface area contributed by atoms with Crippen molar-refractivity contribution < 1.29 is 14.3 Å². The highest BCUT2D eigenvalue weighted by molar-refractivity contribution is 5.85. The fourth-order valence-corrected chi connectivity index (χ4v) is 0.794. The Balaban J connectivity index is 4.03. The van der Waals surface area contributed by atoms with E-state index in [0.717, 1.165) is 0 Å². The number of rotatable bonds is 4. The molecule has 0 aromatic rings. The smallest absolute Gasteiger partial charge is 0.325 e. The first-order valence-corrected chi connectivity index (χ1v) is 4.10. The number of nitrogens with zero attached hydrogens (tertiary/aromatic N) is 1. The van der Waals surface area contributed by atoms with Crippen LogP contribution in [0.5, 0.6) is 0 Å². The lowest BCUT2D eigenvalue weighted by Gasteiger charge is -2.18. The van der Waals surface area contributed by atoms with Crippen molar-refractivity contribution in [2.45, 2.75) is 19.4 Å². The predicted octanol–water partition coefficient (Wildman–Crippen LogP) is -0.645. The summed E-state index contributed by atoms with van der Waals surface area (Å²) in [5, 5.41) is 0. The molecular weight excluding hydrogens is 172 g/mol. The van der Waals surface area contributed by atoms with E-state index in [-0.39, 0.29) is 12.5 Å². The van der Waals surface area contributed by atoms with Gasteiger partial charge in [0.2, 0.25) is 5.91 Å². The number of carbonyl (C=O) groups excluding carboxylic acids is 2. The zero-order valence-corrected chi connectivity index (χ0v) is 8.24. The van der Waals surface area contributed by atoms with E-state index in [9.17, 15) is 9.59 Å². The van der Waals surface area contributed by atoms with Crippen molar-refractivity contribution in [1.29, 1.82) is 0 Å². The molecule has 0 saturated carbocycles. The molecular formula is C8H16N2O3. The molecule has 1 atom stereocenters. The molecule has 0 bridgehead atoms. The van der Waals surface area contributed by atoms with E-state index in [4.69, 9.17) is 5.73 Å². The molecule has 2 N–H and O–H groups in total. The van der Waals surface area contributed by atoms with Crippen LogP contribution in [0.3, 0.4) is 0 Å². The Morgan fingerprint density at radius 3 is 2.46 bits per heavy atom. The highest BCUT2D eigenvalue weighted by Crippen LogP contribution is 1.94. The molecule has 0 aliphatic rings. The zero-order valence-electron chi connectivity index (χ0n) is 8.24. The Morgan fingerprint density at radius 1 is 1.54 bits per heavy atom. The summed E-state index contributed by atoms with van der Waals surface area (Å²) >= 11 is 0. The van der Waals surface area contributed by atoms with Gasteiger partial charge in [-0.1, -0.05) is 6.92 Å². The number of esters is 1. The fraction of sp³-hybridized carbons (Fsp3) is 0.750. The first kappa shape index (κ1) is 11.9. The van der Waals surface area contributed by atoms with Crippen LogP contribution in [0, 0.1) is 0 Å². The lowest BCUT2D eigenvalue weighted by atomic mass is 10.2. The molecule has 0 saturated heterocycles. The van der Waals surface area contributed by atoms with Crippen LogP contribution in [-0.4, -0.2) is 43.5 Å². The van der Waals surface area contributed by atoms with E-state index in [1.165, 1.54) is 19.1 Å². The molecule has 0 spiro atoms. The van der Waals surface area contributed by atoms with Crippen molar-refractivity contribution in [2.75, 3.05) is 20.7 Å². The average Bonchev–Trinajstić information content (AvgIpc) is 2.14. The molecule has 0 fully saturated rings. The monoisotopic (exact) mass is 188 g/mol. The van der Waals surface area contributed by atoms with Crippen LogP contribution in [0.1, 0.15) is 13.3 Å². The van der Waals surface area contributed by atoms with Gasteiger partial charge in [0.15, 0.2) is 0 Å². The van der Waals surface area contributed by atoms with Gasteiger partial charge in [0.05, 0.1) is 13.2 Å². The molecule has 0 heterocycles. The van der Waals surface area contributed by atoms with E-state index < -0.39 is 12.0 Å². The summed E-state index contributed by atoms with van der Waals surface area (Å²) in [5.74, 6) is -0.688. The topological polar surface area (TPSA) is 72.6 Å². The predicted molar refractivity (Wildman–Crippen MR) is 47.9 cm³/mol. The SMILES string of the molecule is CC[C@H](N)C(=O)N(C)CC(=O)OC. The van der Waals surface area contributed by atoms with Crippen molar-refractivity contribution in [2.24, 2.45) is 5.73 Å². The second kappa shape index (κ2) is 5.53. The molecule has 76 valence electrons. The largest absolute Gasteiger partial charge is 0.468 e. The molecule has 0 aromatic heterocycles. The minimum Gasteiger partial charge on any atom is -0.468 e. The highest BCUT2D eigenvalue weighted by atomic mass is 16.5. The molecule has 0 aliphatic heterocycles. The van der Waals surface area contributed by atoms with Gasteiger partial charge in [0.1, 0.15) is 6.54 Å². The maximum absolute atomic E-state index is 11.3. The maximum Gasteiger partial charge on any atom is 0.325 e. The van der Waals surface area contributed by atoms with Gasteiger partial charge in [0, 0.05) is 7.05 Å². The molecule has 0 aliphatic carbocycles. The van der Waals surface area contributed by atoms with E-state index in [2.05, 4.69) is 4.74 Å². The quantitative estimate of drug-likeness (QED) is 0.595. The summed E-state index contributed by atoms with van der Waals surface area (Å²) in [6.07, 6.45) is 0.560. The van der Waals surface area contributed by atoms with Crippen LogP contribution < -0.4 is 5.73 Å². The summed E-state index contributed by atoms with van der Waals surface area (Å²) in [4.78, 5) is 23.4. The Bertz CT molecular complexity index is 194. The van der Waals surface area contributed by atoms with Gasteiger partial charge in [-0.2, -0.15) is 0 Å². The molecule has 5 heteroatoms. The Hall–Kier alpha value is -1.10. The van der Waals surface area contributed by atoms with E-state index in [1.807, 2.05) is 6.92 Å². The molecule has 1 amide bonds. The third-order valence-corrected chi connectivity index (χ3v) is 1.73. The van der Waals surface area contributed by atoms with Gasteiger partial charge in [-0.25, -0.2) is 0 Å². The molecule has 0 aromatic carbocycles. The molecule has 0 rings (SSSR count). The Kier molecular flexibility index (Phi) is 5.06. The molecule has 5 nitrogen and oxygen atoms in total. The second-order valence-electron chi connectivity index (χ2n) is 2.79. The van der Waals surface area contributed by atoms with Gasteiger partial charge in [-0.3, -0.25) is 9.59 Å². The number of carbonyl (C=O) groups is 2. The number of ether oxygens (including phenoxy) is 1. The van der Waals surface area contributed by atoms with Crippen LogP contribution in [0.15, 0.2) is 0 Å². The molecule has 0 unspecified atom stereocenters. The first-order chi connectivity index (χ1) is 6.02. The van der Waals surface area contributed by atoms with Crippen molar-refractivity contribution in [3.05, 3.63) is 0 Å². The van der Waals surface area contributed by atoms with Crippen molar-refractivity contribution in [1.82, 2.24) is 4.90 Å². The van der Waals surface area contributed by atoms with Crippen molar-refractivity contribution in [3.8, 4) is 0 Å². The number of amides is 1. The second-order valence-corrected chi connectivity index (χ2v) is 2.79. The van der Waals surface area contributed by atoms with Crippen LogP contribution in [-0.2, 0) is 14.3 Å². The number of hydrogen-bond donors (Lipinski definition) is 1.